The molecule has 0 bridgehead atoms. The van der Waals surface area contributed by atoms with E-state index in [4.69, 9.17) is 5.11 Å². The summed E-state index contributed by atoms with van der Waals surface area (Å²) in [4.78, 5) is 0. The van der Waals surface area contributed by atoms with Gasteiger partial charge in [0, 0.05) is 10.9 Å². The average molecular weight is 277 g/mol. The van der Waals surface area contributed by atoms with Crippen molar-refractivity contribution in [1.29, 1.82) is 0 Å². The van der Waals surface area contributed by atoms with Crippen molar-refractivity contribution in [2.24, 2.45) is 0 Å². The molecule has 1 aromatic rings. The third-order valence-electron chi connectivity index (χ3n) is 1.76. The largest absolute Gasteiger partial charge is 0.351 e. The molecular weight excluding hydrogens is 268 g/mol. The molecule has 0 amide bonds. The second-order valence-electron chi connectivity index (χ2n) is 2.72. The first-order valence-electron chi connectivity index (χ1n) is 3.98. The van der Waals surface area contributed by atoms with Crippen molar-refractivity contribution in [1.82, 2.24) is 0 Å². The molecule has 0 atom stereocenters. The number of aliphatic hydroxyl groups is 1. The van der Waals surface area contributed by atoms with Gasteiger partial charge in [-0.1, -0.05) is 34.1 Å². The van der Waals surface area contributed by atoms with Crippen molar-refractivity contribution in [3.8, 4) is 0 Å². The molecule has 0 spiro atoms. The van der Waals surface area contributed by atoms with Gasteiger partial charge in [0.1, 0.15) is 0 Å². The second kappa shape index (κ2) is 5.29. The summed E-state index contributed by atoms with van der Waals surface area (Å²) in [5.74, 6) is 0. The Bertz CT molecular complexity index is 443. The van der Waals surface area contributed by atoms with Crippen LogP contribution >= 0.6 is 15.9 Å². The minimum atomic E-state index is -2.48. The molecule has 5 heteroatoms. The van der Waals surface area contributed by atoms with Crippen LogP contribution in [0.3, 0.4) is 0 Å². The fourth-order valence-electron chi connectivity index (χ4n) is 1.03. The van der Waals surface area contributed by atoms with Gasteiger partial charge in [0.15, 0.2) is 5.05 Å². The van der Waals surface area contributed by atoms with Crippen LogP contribution in [0.2, 0.25) is 0 Å². The highest BCUT2D eigenvalue weighted by Gasteiger charge is 2.01. The average Bonchev–Trinajstić information content (AvgIpc) is 2.16. The predicted molar refractivity (Wildman–Crippen MR) is 59.0 cm³/mol. The number of halogens is 1. The van der Waals surface area contributed by atoms with Crippen LogP contribution in [0.5, 0.6) is 0 Å². The number of hydrogen-bond donors (Lipinski definition) is 1. The molecule has 0 aliphatic rings. The second-order valence-corrected chi connectivity index (χ2v) is 4.51. The van der Waals surface area contributed by atoms with E-state index < -0.39 is 15.3 Å². The van der Waals surface area contributed by atoms with E-state index in [1.54, 1.807) is 0 Å². The fraction of sp³-hybridized carbons (Fsp3) is 0.222. The number of aryl methyl sites for hydroxylation is 1. The summed E-state index contributed by atoms with van der Waals surface area (Å²) in [6.45, 7) is 0. The molecule has 0 saturated heterocycles. The van der Waals surface area contributed by atoms with Crippen molar-refractivity contribution in [3.63, 3.8) is 0 Å². The Balaban J connectivity index is 2.73. The van der Waals surface area contributed by atoms with Crippen LogP contribution in [0.15, 0.2) is 28.7 Å². The summed E-state index contributed by atoms with van der Waals surface area (Å²) >= 11 is 3.34. The molecule has 1 aromatic carbocycles. The zero-order valence-corrected chi connectivity index (χ0v) is 9.68. The Morgan fingerprint density at radius 3 is 2.57 bits per heavy atom. The standard InChI is InChI=1S/C9H9BrO3S/c10-8-4-2-1-3-7(8)5-6-9(11)14(12)13/h1-4,11H,5-6H2. The summed E-state index contributed by atoms with van der Waals surface area (Å²) in [7, 11) is -2.48. The molecule has 0 radical (unpaired) electrons. The van der Waals surface area contributed by atoms with Gasteiger partial charge in [-0.15, -0.1) is 0 Å². The van der Waals surface area contributed by atoms with Crippen molar-refractivity contribution < 1.29 is 13.5 Å². The maximum absolute atomic E-state index is 10.3. The van der Waals surface area contributed by atoms with Gasteiger partial charge in [0.05, 0.1) is 0 Å². The van der Waals surface area contributed by atoms with Crippen LogP contribution in [-0.2, 0) is 16.7 Å². The zero-order valence-electron chi connectivity index (χ0n) is 7.27. The van der Waals surface area contributed by atoms with E-state index in [-0.39, 0.29) is 6.42 Å². The Morgan fingerprint density at radius 2 is 2.00 bits per heavy atom. The maximum atomic E-state index is 10.3. The van der Waals surface area contributed by atoms with Gasteiger partial charge in [0.25, 0.3) is 0 Å². The van der Waals surface area contributed by atoms with Crippen molar-refractivity contribution in [2.75, 3.05) is 0 Å². The van der Waals surface area contributed by atoms with Gasteiger partial charge >= 0.3 is 0 Å². The molecule has 0 aliphatic heterocycles. The molecule has 0 fully saturated rings. The zero-order chi connectivity index (χ0) is 10.6. The minimum absolute atomic E-state index is 0.138. The Morgan fingerprint density at radius 1 is 1.36 bits per heavy atom. The fourth-order valence-corrected chi connectivity index (χ4v) is 1.78. The summed E-state index contributed by atoms with van der Waals surface area (Å²) < 4.78 is 21.5. The summed E-state index contributed by atoms with van der Waals surface area (Å²) in [6.07, 6.45) is 0.639. The van der Waals surface area contributed by atoms with Crippen LogP contribution in [0.1, 0.15) is 12.0 Å². The third kappa shape index (κ3) is 3.25. The van der Waals surface area contributed by atoms with E-state index in [9.17, 15) is 8.42 Å². The highest BCUT2D eigenvalue weighted by molar-refractivity contribution is 9.10. The lowest BCUT2D eigenvalue weighted by Gasteiger charge is -2.01. The van der Waals surface area contributed by atoms with Gasteiger partial charge in [0.2, 0.25) is 10.3 Å². The van der Waals surface area contributed by atoms with Crippen molar-refractivity contribution in [2.45, 2.75) is 12.8 Å². The minimum Gasteiger partial charge on any atom is -0.351 e. The molecule has 3 nitrogen and oxygen atoms in total. The lowest BCUT2D eigenvalue weighted by Crippen LogP contribution is -2.00. The summed E-state index contributed by atoms with van der Waals surface area (Å²) in [6, 6.07) is 7.50. The number of rotatable bonds is 3. The van der Waals surface area contributed by atoms with E-state index in [0.717, 1.165) is 10.0 Å². The summed E-state index contributed by atoms with van der Waals surface area (Å²) in [5, 5.41) is 8.47. The Kier molecular flexibility index (Phi) is 4.31. The molecule has 1 rings (SSSR count). The molecule has 0 saturated carbocycles. The third-order valence-corrected chi connectivity index (χ3v) is 3.12. The van der Waals surface area contributed by atoms with E-state index in [0.29, 0.717) is 6.42 Å². The van der Waals surface area contributed by atoms with Crippen LogP contribution in [0, 0.1) is 0 Å². The lowest BCUT2D eigenvalue weighted by atomic mass is 10.1. The molecular formula is C9H9BrO3S. The lowest BCUT2D eigenvalue weighted by molar-refractivity contribution is 0.539. The van der Waals surface area contributed by atoms with Gasteiger partial charge in [-0.3, -0.25) is 0 Å². The van der Waals surface area contributed by atoms with E-state index in [1.165, 1.54) is 0 Å². The van der Waals surface area contributed by atoms with Crippen molar-refractivity contribution in [3.05, 3.63) is 34.3 Å². The first kappa shape index (κ1) is 11.4. The van der Waals surface area contributed by atoms with Gasteiger partial charge in [-0.25, -0.2) is 0 Å². The quantitative estimate of drug-likeness (QED) is 0.859. The highest BCUT2D eigenvalue weighted by Crippen LogP contribution is 2.17. The molecule has 0 unspecified atom stereocenters. The number of benzene rings is 1. The first-order valence-corrected chi connectivity index (χ1v) is 5.85. The number of aliphatic hydroxyl groups excluding tert-OH is 1. The highest BCUT2D eigenvalue weighted by atomic mass is 79.9. The van der Waals surface area contributed by atoms with Crippen LogP contribution in [0.4, 0.5) is 0 Å². The molecule has 14 heavy (non-hydrogen) atoms. The number of hydrogen-bond acceptors (Lipinski definition) is 2. The van der Waals surface area contributed by atoms with Gasteiger partial charge in [-0.05, 0) is 18.1 Å². The van der Waals surface area contributed by atoms with E-state index in [1.807, 2.05) is 24.3 Å². The molecule has 0 aromatic heterocycles. The smallest absolute Gasteiger partial charge is 0.240 e. The Hall–Kier alpha value is -0.650. The normalized spacial score (nSPS) is 9.86. The van der Waals surface area contributed by atoms with Crippen molar-refractivity contribution >= 4 is 31.3 Å². The van der Waals surface area contributed by atoms with E-state index >= 15 is 0 Å². The van der Waals surface area contributed by atoms with Gasteiger partial charge < -0.3 is 5.11 Å². The molecule has 1 N–H and O–H groups in total. The Labute approximate surface area is 92.0 Å². The first-order chi connectivity index (χ1) is 6.61. The van der Waals surface area contributed by atoms with Crippen LogP contribution in [-0.4, -0.2) is 18.6 Å². The molecule has 76 valence electrons. The topological polar surface area (TPSA) is 54.4 Å². The summed E-state index contributed by atoms with van der Waals surface area (Å²) in [5.41, 5.74) is 0.976. The van der Waals surface area contributed by atoms with Gasteiger partial charge in [-0.2, -0.15) is 8.42 Å². The molecule has 0 heterocycles. The van der Waals surface area contributed by atoms with Crippen LogP contribution in [0.25, 0.3) is 0 Å². The SMILES string of the molecule is O=S(=O)=C(O)CCc1ccccc1Br. The maximum Gasteiger partial charge on any atom is 0.240 e. The van der Waals surface area contributed by atoms with E-state index in [2.05, 4.69) is 15.9 Å². The predicted octanol–water partition coefficient (Wildman–Crippen LogP) is 1.95. The monoisotopic (exact) mass is 276 g/mol. The van der Waals surface area contributed by atoms with Crippen LogP contribution < -0.4 is 0 Å². The molecule has 0 aliphatic carbocycles.